The Morgan fingerprint density at radius 1 is 1.21 bits per heavy atom. The molecular formula is C19H18N4O5. The Labute approximate surface area is 159 Å². The molecule has 9 heteroatoms. The molecule has 3 heterocycles. The molecule has 1 aliphatic heterocycles. The van der Waals surface area contributed by atoms with Crippen LogP contribution in [0.2, 0.25) is 0 Å². The summed E-state index contributed by atoms with van der Waals surface area (Å²) in [6, 6.07) is 6.87. The lowest BCUT2D eigenvalue weighted by atomic mass is 10.1. The standard InChI is InChI=1S/C19H18N4O5/c1-10-6-13(19(25)23(3)11(10)2)17(24)20-8-16-21-18(28-22-16)12-4-5-14-15(7-12)27-9-26-14/h4-7H,8-9H2,1-3H3,(H,20,24). The van der Waals surface area contributed by atoms with Crippen molar-refractivity contribution >= 4 is 5.91 Å². The molecule has 1 N–H and O–H groups in total. The number of aryl methyl sites for hydroxylation is 1. The molecule has 1 amide bonds. The Morgan fingerprint density at radius 2 is 2.00 bits per heavy atom. The number of hydrogen-bond donors (Lipinski definition) is 1. The number of amides is 1. The molecule has 0 spiro atoms. The molecule has 1 aliphatic rings. The number of ether oxygens (including phenoxy) is 2. The van der Waals surface area contributed by atoms with Gasteiger partial charge in [0.25, 0.3) is 17.4 Å². The van der Waals surface area contributed by atoms with Crippen LogP contribution in [-0.2, 0) is 13.6 Å². The molecule has 0 saturated heterocycles. The van der Waals surface area contributed by atoms with Crippen LogP contribution in [-0.4, -0.2) is 27.4 Å². The minimum absolute atomic E-state index is 0.0307. The quantitative estimate of drug-likeness (QED) is 0.732. The second-order valence-corrected chi connectivity index (χ2v) is 6.46. The first-order chi connectivity index (χ1) is 13.4. The van der Waals surface area contributed by atoms with Crippen molar-refractivity contribution in [3.63, 3.8) is 0 Å². The molecule has 1 aromatic carbocycles. The van der Waals surface area contributed by atoms with Gasteiger partial charge in [0, 0.05) is 18.3 Å². The van der Waals surface area contributed by atoms with Crippen LogP contribution >= 0.6 is 0 Å². The molecule has 4 rings (SSSR count). The minimum Gasteiger partial charge on any atom is -0.454 e. The van der Waals surface area contributed by atoms with Crippen molar-refractivity contribution < 1.29 is 18.8 Å². The van der Waals surface area contributed by atoms with Gasteiger partial charge in [-0.2, -0.15) is 4.98 Å². The second-order valence-electron chi connectivity index (χ2n) is 6.46. The smallest absolute Gasteiger partial charge is 0.263 e. The van der Waals surface area contributed by atoms with Crippen LogP contribution in [0, 0.1) is 13.8 Å². The largest absolute Gasteiger partial charge is 0.454 e. The summed E-state index contributed by atoms with van der Waals surface area (Å²) in [5.41, 5.74) is 2.07. The first-order valence-electron chi connectivity index (χ1n) is 8.62. The number of carbonyl (C=O) groups is 1. The van der Waals surface area contributed by atoms with E-state index in [0.717, 1.165) is 11.3 Å². The van der Waals surface area contributed by atoms with Gasteiger partial charge in [-0.1, -0.05) is 5.16 Å². The van der Waals surface area contributed by atoms with E-state index in [2.05, 4.69) is 15.5 Å². The Bertz CT molecular complexity index is 1130. The third kappa shape index (κ3) is 3.11. The zero-order valence-electron chi connectivity index (χ0n) is 15.6. The van der Waals surface area contributed by atoms with Gasteiger partial charge in [-0.3, -0.25) is 9.59 Å². The number of rotatable bonds is 4. The van der Waals surface area contributed by atoms with E-state index >= 15 is 0 Å². The lowest BCUT2D eigenvalue weighted by Gasteiger charge is -2.10. The fourth-order valence-corrected chi connectivity index (χ4v) is 2.87. The van der Waals surface area contributed by atoms with Crippen LogP contribution in [0.4, 0.5) is 0 Å². The van der Waals surface area contributed by atoms with Gasteiger partial charge in [-0.25, -0.2) is 0 Å². The molecule has 0 saturated carbocycles. The number of carbonyl (C=O) groups excluding carboxylic acids is 1. The van der Waals surface area contributed by atoms with Gasteiger partial charge >= 0.3 is 0 Å². The second kappa shape index (κ2) is 6.84. The van der Waals surface area contributed by atoms with Gasteiger partial charge in [0.2, 0.25) is 6.79 Å². The highest BCUT2D eigenvalue weighted by Gasteiger charge is 2.18. The molecule has 0 radical (unpaired) electrons. The van der Waals surface area contributed by atoms with Crippen LogP contribution < -0.4 is 20.3 Å². The summed E-state index contributed by atoms with van der Waals surface area (Å²) < 4.78 is 17.3. The van der Waals surface area contributed by atoms with Crippen molar-refractivity contribution in [3.05, 3.63) is 57.3 Å². The van der Waals surface area contributed by atoms with E-state index in [4.69, 9.17) is 14.0 Å². The maximum Gasteiger partial charge on any atom is 0.263 e. The summed E-state index contributed by atoms with van der Waals surface area (Å²) in [5, 5.41) is 6.52. The van der Waals surface area contributed by atoms with E-state index in [-0.39, 0.29) is 24.5 Å². The molecular weight excluding hydrogens is 364 g/mol. The zero-order chi connectivity index (χ0) is 19.8. The van der Waals surface area contributed by atoms with Crippen LogP contribution in [0.3, 0.4) is 0 Å². The Hall–Kier alpha value is -3.62. The third-order valence-electron chi connectivity index (χ3n) is 4.71. The summed E-state index contributed by atoms with van der Waals surface area (Å²) in [6.07, 6.45) is 0. The van der Waals surface area contributed by atoms with E-state index < -0.39 is 5.91 Å². The van der Waals surface area contributed by atoms with Crippen LogP contribution in [0.1, 0.15) is 27.4 Å². The molecule has 144 valence electrons. The maximum absolute atomic E-state index is 12.4. The number of pyridine rings is 1. The predicted molar refractivity (Wildman–Crippen MR) is 98.2 cm³/mol. The van der Waals surface area contributed by atoms with Crippen molar-refractivity contribution in [2.75, 3.05) is 6.79 Å². The van der Waals surface area contributed by atoms with Crippen molar-refractivity contribution in [1.29, 1.82) is 0 Å². The molecule has 28 heavy (non-hydrogen) atoms. The van der Waals surface area contributed by atoms with E-state index in [1.54, 1.807) is 31.3 Å². The minimum atomic E-state index is -0.488. The van der Waals surface area contributed by atoms with Gasteiger partial charge in [0.05, 0.1) is 6.54 Å². The van der Waals surface area contributed by atoms with E-state index in [1.165, 1.54) is 4.57 Å². The molecule has 0 bridgehead atoms. The summed E-state index contributed by atoms with van der Waals surface area (Å²) in [4.78, 5) is 29.0. The maximum atomic E-state index is 12.4. The number of fused-ring (bicyclic) bond motifs is 1. The average molecular weight is 382 g/mol. The topological polar surface area (TPSA) is 108 Å². The lowest BCUT2D eigenvalue weighted by molar-refractivity contribution is 0.0947. The molecule has 2 aromatic heterocycles. The molecule has 0 unspecified atom stereocenters. The van der Waals surface area contributed by atoms with Crippen LogP contribution in [0.5, 0.6) is 11.5 Å². The Morgan fingerprint density at radius 3 is 2.82 bits per heavy atom. The normalized spacial score (nSPS) is 12.2. The molecule has 0 aliphatic carbocycles. The zero-order valence-corrected chi connectivity index (χ0v) is 15.6. The van der Waals surface area contributed by atoms with E-state index in [1.807, 2.05) is 13.8 Å². The molecule has 0 atom stereocenters. The van der Waals surface area contributed by atoms with Crippen LogP contribution in [0.25, 0.3) is 11.5 Å². The summed E-state index contributed by atoms with van der Waals surface area (Å²) in [6.45, 7) is 3.89. The lowest BCUT2D eigenvalue weighted by Crippen LogP contribution is -2.33. The Kier molecular flexibility index (Phi) is 4.34. The summed E-state index contributed by atoms with van der Waals surface area (Å²) >= 11 is 0. The average Bonchev–Trinajstić information content (AvgIpc) is 3.35. The number of nitrogens with one attached hydrogen (secondary N) is 1. The first kappa shape index (κ1) is 17.8. The monoisotopic (exact) mass is 382 g/mol. The van der Waals surface area contributed by atoms with Gasteiger partial charge < -0.3 is 23.9 Å². The third-order valence-corrected chi connectivity index (χ3v) is 4.71. The highest BCUT2D eigenvalue weighted by atomic mass is 16.7. The van der Waals surface area contributed by atoms with E-state index in [0.29, 0.717) is 28.8 Å². The molecule has 9 nitrogen and oxygen atoms in total. The fraction of sp³-hybridized carbons (Fsp3) is 0.263. The van der Waals surface area contributed by atoms with Gasteiger partial charge in [-0.15, -0.1) is 0 Å². The van der Waals surface area contributed by atoms with Crippen molar-refractivity contribution in [1.82, 2.24) is 20.0 Å². The highest BCUT2D eigenvalue weighted by molar-refractivity contribution is 5.94. The highest BCUT2D eigenvalue weighted by Crippen LogP contribution is 2.35. The van der Waals surface area contributed by atoms with Gasteiger partial charge in [-0.05, 0) is 43.7 Å². The van der Waals surface area contributed by atoms with Gasteiger partial charge in [0.15, 0.2) is 17.3 Å². The van der Waals surface area contributed by atoms with Crippen molar-refractivity contribution in [2.24, 2.45) is 7.05 Å². The molecule has 3 aromatic rings. The number of hydrogen-bond acceptors (Lipinski definition) is 7. The Balaban J connectivity index is 1.48. The fourth-order valence-electron chi connectivity index (χ4n) is 2.87. The van der Waals surface area contributed by atoms with Crippen molar-refractivity contribution in [3.8, 4) is 23.0 Å². The van der Waals surface area contributed by atoms with Crippen LogP contribution in [0.15, 0.2) is 33.6 Å². The SMILES string of the molecule is Cc1cc(C(=O)NCc2noc(-c3ccc4c(c3)OCO4)n2)c(=O)n(C)c1C. The van der Waals surface area contributed by atoms with Crippen molar-refractivity contribution in [2.45, 2.75) is 20.4 Å². The van der Waals surface area contributed by atoms with Gasteiger partial charge in [0.1, 0.15) is 5.56 Å². The summed E-state index contributed by atoms with van der Waals surface area (Å²) in [7, 11) is 1.64. The number of aromatic nitrogens is 3. The van der Waals surface area contributed by atoms with E-state index in [9.17, 15) is 9.59 Å². The summed E-state index contributed by atoms with van der Waals surface area (Å²) in [5.74, 6) is 1.37. The number of benzene rings is 1. The molecule has 0 fully saturated rings. The predicted octanol–water partition coefficient (Wildman–Crippen LogP) is 1.71. The first-order valence-corrected chi connectivity index (χ1v) is 8.62. The number of nitrogens with zero attached hydrogens (tertiary/aromatic N) is 3.